The van der Waals surface area contributed by atoms with Gasteiger partial charge in [-0.05, 0) is 31.9 Å². The number of benzene rings is 1. The van der Waals surface area contributed by atoms with E-state index in [9.17, 15) is 9.90 Å². The highest BCUT2D eigenvalue weighted by atomic mass is 17.1. The minimum Gasteiger partial charge on any atom is -0.484 e. The minimum atomic E-state index is -1.78. The molecule has 0 fully saturated rings. The number of hydrogen-bond acceptors (Lipinski definition) is 5. The van der Waals surface area contributed by atoms with Crippen LogP contribution in [0.5, 0.6) is 5.75 Å². The normalized spacial score (nSPS) is 13.9. The molecule has 0 aliphatic rings. The van der Waals surface area contributed by atoms with E-state index in [4.69, 9.17) is 15.1 Å². The second-order valence-corrected chi connectivity index (χ2v) is 4.46. The highest BCUT2D eigenvalue weighted by Gasteiger charge is 2.29. The Balaban J connectivity index is 3.00. The fraction of sp³-hybridized carbons (Fsp3) is 0.462. The number of rotatable bonds is 6. The lowest BCUT2D eigenvalue weighted by molar-refractivity contribution is -0.260. The summed E-state index contributed by atoms with van der Waals surface area (Å²) < 4.78 is 5.48. The van der Waals surface area contributed by atoms with Crippen molar-refractivity contribution in [2.75, 3.05) is 6.61 Å². The lowest BCUT2D eigenvalue weighted by atomic mass is 10.1. The van der Waals surface area contributed by atoms with Crippen LogP contribution in [0, 0.1) is 20.8 Å². The van der Waals surface area contributed by atoms with Crippen molar-refractivity contribution in [3.8, 4) is 5.75 Å². The molecule has 3 N–H and O–H groups in total. The molecule has 0 bridgehead atoms. The molecule has 19 heavy (non-hydrogen) atoms. The molecule has 0 saturated heterocycles. The van der Waals surface area contributed by atoms with E-state index in [1.54, 1.807) is 0 Å². The van der Waals surface area contributed by atoms with Crippen molar-refractivity contribution in [2.45, 2.75) is 33.0 Å². The smallest absolute Gasteiger partial charge is 0.336 e. The number of carbonyl (C=O) groups is 1. The van der Waals surface area contributed by atoms with Gasteiger partial charge in [-0.25, -0.2) is 9.68 Å². The van der Waals surface area contributed by atoms with Gasteiger partial charge in [-0.2, -0.15) is 0 Å². The first-order valence-corrected chi connectivity index (χ1v) is 5.78. The van der Waals surface area contributed by atoms with Gasteiger partial charge in [0, 0.05) is 0 Å². The van der Waals surface area contributed by atoms with Gasteiger partial charge in [-0.15, -0.1) is 0 Å². The molecule has 0 spiro atoms. The fourth-order valence-electron chi connectivity index (χ4n) is 1.93. The Labute approximate surface area is 111 Å². The standard InChI is InChI=1S/C13H18O6/c1-7-4-8(2)12(9(3)5-7)19-10(6-18-17)11(14)13(15)16/h4-5,10-11,14,17H,6H2,1-3H3,(H,15,16). The van der Waals surface area contributed by atoms with Crippen molar-refractivity contribution in [1.82, 2.24) is 0 Å². The minimum absolute atomic E-state index is 0.444. The van der Waals surface area contributed by atoms with Gasteiger partial charge in [0.15, 0.2) is 12.2 Å². The van der Waals surface area contributed by atoms with Crippen molar-refractivity contribution in [1.29, 1.82) is 0 Å². The quantitative estimate of drug-likeness (QED) is 0.532. The summed E-state index contributed by atoms with van der Waals surface area (Å²) in [6, 6.07) is 3.76. The highest BCUT2D eigenvalue weighted by Crippen LogP contribution is 2.26. The molecule has 0 aliphatic carbocycles. The van der Waals surface area contributed by atoms with Crippen LogP contribution < -0.4 is 4.74 Å². The van der Waals surface area contributed by atoms with E-state index in [2.05, 4.69) is 4.89 Å². The molecular weight excluding hydrogens is 252 g/mol. The average Bonchev–Trinajstić information content (AvgIpc) is 2.31. The van der Waals surface area contributed by atoms with E-state index in [0.29, 0.717) is 5.75 Å². The Bertz CT molecular complexity index is 433. The molecule has 0 saturated carbocycles. The van der Waals surface area contributed by atoms with Crippen molar-refractivity contribution >= 4 is 5.97 Å². The van der Waals surface area contributed by atoms with Crippen LogP contribution in [0.25, 0.3) is 0 Å². The number of ether oxygens (including phenoxy) is 1. The summed E-state index contributed by atoms with van der Waals surface area (Å²) in [5.41, 5.74) is 2.69. The van der Waals surface area contributed by atoms with Crippen molar-refractivity contribution in [2.24, 2.45) is 0 Å². The zero-order chi connectivity index (χ0) is 14.6. The molecular formula is C13H18O6. The van der Waals surface area contributed by atoms with Gasteiger partial charge >= 0.3 is 5.97 Å². The maximum absolute atomic E-state index is 10.8. The summed E-state index contributed by atoms with van der Waals surface area (Å²) in [6.07, 6.45) is -2.98. The molecule has 1 rings (SSSR count). The summed E-state index contributed by atoms with van der Waals surface area (Å²) in [5, 5.41) is 26.7. The zero-order valence-electron chi connectivity index (χ0n) is 11.1. The van der Waals surface area contributed by atoms with E-state index >= 15 is 0 Å². The predicted molar refractivity (Wildman–Crippen MR) is 67.3 cm³/mol. The first kappa shape index (κ1) is 15.4. The number of aryl methyl sites for hydroxylation is 3. The average molecular weight is 270 g/mol. The number of carboxylic acid groups (broad SMARTS) is 1. The first-order valence-electron chi connectivity index (χ1n) is 5.78. The molecule has 0 aromatic heterocycles. The first-order chi connectivity index (χ1) is 8.86. The lowest BCUT2D eigenvalue weighted by Gasteiger charge is -2.22. The van der Waals surface area contributed by atoms with Crippen LogP contribution in [0.15, 0.2) is 12.1 Å². The van der Waals surface area contributed by atoms with Gasteiger partial charge < -0.3 is 14.9 Å². The number of aliphatic hydroxyl groups excluding tert-OH is 1. The molecule has 6 nitrogen and oxygen atoms in total. The third-order valence-corrected chi connectivity index (χ3v) is 2.72. The van der Waals surface area contributed by atoms with Gasteiger partial charge in [0.25, 0.3) is 0 Å². The van der Waals surface area contributed by atoms with Crippen LogP contribution in [0.4, 0.5) is 0 Å². The maximum atomic E-state index is 10.8. The number of carboxylic acids is 1. The SMILES string of the molecule is Cc1cc(C)c(OC(COO)C(O)C(=O)O)c(C)c1. The Hall–Kier alpha value is -1.63. The Morgan fingerprint density at radius 2 is 1.79 bits per heavy atom. The molecule has 2 atom stereocenters. The number of aliphatic carboxylic acids is 1. The van der Waals surface area contributed by atoms with Crippen LogP contribution in [-0.2, 0) is 9.68 Å². The molecule has 0 amide bonds. The van der Waals surface area contributed by atoms with Crippen molar-refractivity contribution < 1.29 is 29.9 Å². The second-order valence-electron chi connectivity index (χ2n) is 4.46. The van der Waals surface area contributed by atoms with Crippen LogP contribution >= 0.6 is 0 Å². The highest BCUT2D eigenvalue weighted by molar-refractivity contribution is 5.72. The van der Waals surface area contributed by atoms with Gasteiger partial charge in [0.1, 0.15) is 12.4 Å². The third-order valence-electron chi connectivity index (χ3n) is 2.72. The van der Waals surface area contributed by atoms with Gasteiger partial charge in [-0.1, -0.05) is 17.7 Å². The maximum Gasteiger partial charge on any atom is 0.336 e. The van der Waals surface area contributed by atoms with Crippen molar-refractivity contribution in [3.05, 3.63) is 28.8 Å². The predicted octanol–water partition coefficient (Wildman–Crippen LogP) is 1.29. The van der Waals surface area contributed by atoms with E-state index < -0.39 is 24.8 Å². The van der Waals surface area contributed by atoms with E-state index in [0.717, 1.165) is 16.7 Å². The lowest BCUT2D eigenvalue weighted by Crippen LogP contribution is -2.41. The fourth-order valence-corrected chi connectivity index (χ4v) is 1.93. The zero-order valence-corrected chi connectivity index (χ0v) is 11.1. The largest absolute Gasteiger partial charge is 0.484 e. The second kappa shape index (κ2) is 6.51. The summed E-state index contributed by atoms with van der Waals surface area (Å²) in [7, 11) is 0. The van der Waals surface area contributed by atoms with Gasteiger partial charge in [0.2, 0.25) is 0 Å². The molecule has 0 radical (unpaired) electrons. The van der Waals surface area contributed by atoms with Gasteiger partial charge in [-0.3, -0.25) is 5.26 Å². The van der Waals surface area contributed by atoms with E-state index in [1.165, 1.54) is 0 Å². The third kappa shape index (κ3) is 3.92. The van der Waals surface area contributed by atoms with Crippen LogP contribution in [-0.4, -0.2) is 40.3 Å². The van der Waals surface area contributed by atoms with Crippen LogP contribution in [0.3, 0.4) is 0 Å². The summed E-state index contributed by atoms with van der Waals surface area (Å²) in [6.45, 7) is 5.13. The van der Waals surface area contributed by atoms with Crippen molar-refractivity contribution in [3.63, 3.8) is 0 Å². The van der Waals surface area contributed by atoms with Gasteiger partial charge in [0.05, 0.1) is 0 Å². The summed E-state index contributed by atoms with van der Waals surface area (Å²) in [5.74, 6) is -0.961. The van der Waals surface area contributed by atoms with E-state index in [1.807, 2.05) is 32.9 Å². The number of aliphatic hydroxyl groups is 1. The Morgan fingerprint density at radius 3 is 2.21 bits per heavy atom. The molecule has 1 aromatic carbocycles. The molecule has 106 valence electrons. The molecule has 0 heterocycles. The topological polar surface area (TPSA) is 96.2 Å². The van der Waals surface area contributed by atoms with E-state index in [-0.39, 0.29) is 0 Å². The van der Waals surface area contributed by atoms with Crippen LogP contribution in [0.1, 0.15) is 16.7 Å². The molecule has 2 unspecified atom stereocenters. The monoisotopic (exact) mass is 270 g/mol. The Kier molecular flexibility index (Phi) is 5.29. The summed E-state index contributed by atoms with van der Waals surface area (Å²) >= 11 is 0. The summed E-state index contributed by atoms with van der Waals surface area (Å²) in [4.78, 5) is 14.7. The molecule has 1 aromatic rings. The number of hydrogen-bond donors (Lipinski definition) is 3. The molecule has 6 heteroatoms. The molecule has 0 aliphatic heterocycles. The van der Waals surface area contributed by atoms with Crippen LogP contribution in [0.2, 0.25) is 0 Å². The Morgan fingerprint density at radius 1 is 1.26 bits per heavy atom.